The quantitative estimate of drug-likeness (QED) is 0.0235. The van der Waals surface area contributed by atoms with Crippen molar-refractivity contribution in [3.05, 3.63) is 36.5 Å². The van der Waals surface area contributed by atoms with Crippen molar-refractivity contribution in [2.45, 2.75) is 219 Å². The van der Waals surface area contributed by atoms with Crippen LogP contribution in [0.3, 0.4) is 0 Å². The van der Waals surface area contributed by atoms with E-state index in [0.29, 0.717) is 12.8 Å². The van der Waals surface area contributed by atoms with Crippen molar-refractivity contribution in [3.63, 3.8) is 0 Å². The molecule has 334 valence electrons. The Kier molecular flexibility index (Phi) is 41.0. The van der Waals surface area contributed by atoms with Crippen molar-refractivity contribution in [2.24, 2.45) is 0 Å². The highest BCUT2D eigenvalue weighted by atomic mass is 31.2. The molecular formula is C46H85O10P. The van der Waals surface area contributed by atoms with E-state index in [1.165, 1.54) is 109 Å². The summed E-state index contributed by atoms with van der Waals surface area (Å²) >= 11 is 0. The van der Waals surface area contributed by atoms with Gasteiger partial charge >= 0.3 is 19.8 Å². The third-order valence-corrected chi connectivity index (χ3v) is 10.7. The number of hydrogen-bond acceptors (Lipinski definition) is 9. The number of phosphoric acid groups is 1. The summed E-state index contributed by atoms with van der Waals surface area (Å²) in [5, 5.41) is 18.3. The van der Waals surface area contributed by atoms with Gasteiger partial charge in [0.1, 0.15) is 12.7 Å². The van der Waals surface area contributed by atoms with Crippen molar-refractivity contribution >= 4 is 19.8 Å². The third kappa shape index (κ3) is 42.1. The Bertz CT molecular complexity index is 1050. The van der Waals surface area contributed by atoms with Crippen molar-refractivity contribution in [3.8, 4) is 0 Å². The minimum absolute atomic E-state index is 0.160. The zero-order chi connectivity index (χ0) is 41.9. The Morgan fingerprint density at radius 2 is 0.912 bits per heavy atom. The van der Waals surface area contributed by atoms with Crippen molar-refractivity contribution in [2.75, 3.05) is 26.4 Å². The summed E-state index contributed by atoms with van der Waals surface area (Å²) in [5.41, 5.74) is 0. The summed E-state index contributed by atoms with van der Waals surface area (Å²) in [5.74, 6) is -0.943. The first-order valence-corrected chi connectivity index (χ1v) is 24.4. The third-order valence-electron chi connectivity index (χ3n) is 9.80. The van der Waals surface area contributed by atoms with Crippen LogP contribution in [0.15, 0.2) is 36.5 Å². The van der Waals surface area contributed by atoms with E-state index in [0.717, 1.165) is 57.8 Å². The maximum absolute atomic E-state index is 12.6. The Labute approximate surface area is 348 Å². The molecule has 0 aromatic carbocycles. The Morgan fingerprint density at radius 1 is 0.526 bits per heavy atom. The van der Waals surface area contributed by atoms with E-state index in [1.54, 1.807) is 0 Å². The molecule has 3 atom stereocenters. The SMILES string of the molecule is CCCCC/C=C/C/C=C/C/C=C/CCCCCCC(=O)O[C@H](COC(=O)CCCCCCCCCCCCCCCCCCC)COP(=O)(O)OC[C@@H](O)CO. The lowest BCUT2D eigenvalue weighted by Crippen LogP contribution is -2.29. The minimum atomic E-state index is -4.62. The summed E-state index contributed by atoms with van der Waals surface area (Å²) in [7, 11) is -4.62. The van der Waals surface area contributed by atoms with Gasteiger partial charge in [0.05, 0.1) is 19.8 Å². The van der Waals surface area contributed by atoms with Gasteiger partial charge in [-0.2, -0.15) is 0 Å². The molecule has 0 saturated heterocycles. The van der Waals surface area contributed by atoms with Gasteiger partial charge < -0.3 is 24.6 Å². The smallest absolute Gasteiger partial charge is 0.462 e. The predicted molar refractivity (Wildman–Crippen MR) is 233 cm³/mol. The number of hydrogen-bond donors (Lipinski definition) is 3. The molecule has 10 nitrogen and oxygen atoms in total. The van der Waals surface area contributed by atoms with Crippen molar-refractivity contribution in [1.29, 1.82) is 0 Å². The van der Waals surface area contributed by atoms with Gasteiger partial charge in [0.15, 0.2) is 6.10 Å². The van der Waals surface area contributed by atoms with Gasteiger partial charge in [-0.05, 0) is 51.4 Å². The molecular weight excluding hydrogens is 743 g/mol. The van der Waals surface area contributed by atoms with E-state index in [2.05, 4.69) is 50.3 Å². The van der Waals surface area contributed by atoms with Gasteiger partial charge in [-0.15, -0.1) is 0 Å². The van der Waals surface area contributed by atoms with Gasteiger partial charge in [0.25, 0.3) is 0 Å². The monoisotopic (exact) mass is 829 g/mol. The Morgan fingerprint density at radius 3 is 1.40 bits per heavy atom. The fourth-order valence-corrected chi connectivity index (χ4v) is 7.03. The fourth-order valence-electron chi connectivity index (χ4n) is 6.24. The van der Waals surface area contributed by atoms with E-state index < -0.39 is 51.8 Å². The van der Waals surface area contributed by atoms with E-state index in [9.17, 15) is 24.2 Å². The Balaban J connectivity index is 4.29. The summed E-state index contributed by atoms with van der Waals surface area (Å²) in [4.78, 5) is 35.0. The molecule has 0 saturated carbocycles. The molecule has 0 amide bonds. The standard InChI is InChI=1S/C46H85O10P/c1-3-5-7-9-11-13-15-17-19-21-23-25-27-29-31-33-35-37-45(49)53-41-44(42-55-57(51,52)54-40-43(48)39-47)56-46(50)38-36-34-32-30-28-26-24-22-20-18-16-14-12-10-8-6-4-2/h12,14,18,20,24,26,43-44,47-48H,3-11,13,15-17,19,21-23,25,27-42H2,1-2H3,(H,51,52)/b14-12+,20-18+,26-24+/t43-,44+/m0/s1. The largest absolute Gasteiger partial charge is 0.472 e. The Hall–Kier alpha value is -1.81. The summed E-state index contributed by atoms with van der Waals surface area (Å²) < 4.78 is 32.7. The van der Waals surface area contributed by atoms with Crippen LogP contribution in [0.4, 0.5) is 0 Å². The molecule has 3 N–H and O–H groups in total. The topological polar surface area (TPSA) is 149 Å². The van der Waals surface area contributed by atoms with Gasteiger partial charge in [0, 0.05) is 12.8 Å². The second kappa shape index (κ2) is 42.3. The second-order valence-electron chi connectivity index (χ2n) is 15.4. The highest BCUT2D eigenvalue weighted by Gasteiger charge is 2.27. The van der Waals surface area contributed by atoms with Crippen LogP contribution >= 0.6 is 7.82 Å². The number of unbranched alkanes of at least 4 members (excludes halogenated alkanes) is 23. The first-order valence-electron chi connectivity index (χ1n) is 22.9. The van der Waals surface area contributed by atoms with Crippen molar-refractivity contribution < 1.29 is 47.8 Å². The predicted octanol–water partition coefficient (Wildman–Crippen LogP) is 12.3. The normalized spacial score (nSPS) is 14.1. The molecule has 0 rings (SSSR count). The molecule has 57 heavy (non-hydrogen) atoms. The highest BCUT2D eigenvalue weighted by molar-refractivity contribution is 7.47. The number of allylic oxidation sites excluding steroid dienone is 6. The first-order chi connectivity index (χ1) is 27.7. The molecule has 0 aromatic heterocycles. The fraction of sp³-hybridized carbons (Fsp3) is 0.826. The van der Waals surface area contributed by atoms with Gasteiger partial charge in [-0.1, -0.05) is 179 Å². The van der Waals surface area contributed by atoms with Crippen LogP contribution in [0, 0.1) is 0 Å². The molecule has 0 aliphatic heterocycles. The van der Waals surface area contributed by atoms with Gasteiger partial charge in [0.2, 0.25) is 0 Å². The number of phosphoric ester groups is 1. The number of rotatable bonds is 43. The molecule has 0 bridgehead atoms. The number of carbonyl (C=O) groups is 2. The summed E-state index contributed by atoms with van der Waals surface area (Å²) in [6.45, 7) is 2.35. The highest BCUT2D eigenvalue weighted by Crippen LogP contribution is 2.43. The molecule has 0 fully saturated rings. The summed E-state index contributed by atoms with van der Waals surface area (Å²) in [6, 6.07) is 0. The van der Waals surface area contributed by atoms with Crippen LogP contribution in [0.2, 0.25) is 0 Å². The van der Waals surface area contributed by atoms with E-state index >= 15 is 0 Å². The van der Waals surface area contributed by atoms with E-state index in [1.807, 2.05) is 0 Å². The first kappa shape index (κ1) is 55.2. The maximum Gasteiger partial charge on any atom is 0.472 e. The van der Waals surface area contributed by atoms with Gasteiger partial charge in [-0.3, -0.25) is 18.6 Å². The number of ether oxygens (including phenoxy) is 2. The number of aliphatic hydroxyl groups is 2. The molecule has 0 heterocycles. The molecule has 0 aliphatic carbocycles. The lowest BCUT2D eigenvalue weighted by atomic mass is 10.0. The lowest BCUT2D eigenvalue weighted by Gasteiger charge is -2.20. The maximum atomic E-state index is 12.6. The molecule has 0 radical (unpaired) electrons. The van der Waals surface area contributed by atoms with Crippen LogP contribution in [-0.2, 0) is 32.7 Å². The number of carbonyl (C=O) groups excluding carboxylic acids is 2. The molecule has 11 heteroatoms. The zero-order valence-electron chi connectivity index (χ0n) is 36.3. The van der Waals surface area contributed by atoms with Gasteiger partial charge in [-0.25, -0.2) is 4.57 Å². The summed E-state index contributed by atoms with van der Waals surface area (Å²) in [6.07, 6.45) is 43.9. The minimum Gasteiger partial charge on any atom is -0.462 e. The molecule has 0 aliphatic rings. The molecule has 0 aromatic rings. The average molecular weight is 829 g/mol. The lowest BCUT2D eigenvalue weighted by molar-refractivity contribution is -0.161. The number of aliphatic hydroxyl groups excluding tert-OH is 2. The molecule has 0 spiro atoms. The van der Waals surface area contributed by atoms with Crippen LogP contribution in [0.5, 0.6) is 0 Å². The van der Waals surface area contributed by atoms with Crippen LogP contribution < -0.4 is 0 Å². The van der Waals surface area contributed by atoms with Crippen LogP contribution in [0.25, 0.3) is 0 Å². The second-order valence-corrected chi connectivity index (χ2v) is 16.9. The number of esters is 2. The van der Waals surface area contributed by atoms with Crippen LogP contribution in [0.1, 0.15) is 206 Å². The van der Waals surface area contributed by atoms with Crippen LogP contribution in [-0.4, -0.2) is 65.7 Å². The average Bonchev–Trinajstić information content (AvgIpc) is 3.20. The van der Waals surface area contributed by atoms with Crippen molar-refractivity contribution in [1.82, 2.24) is 0 Å². The van der Waals surface area contributed by atoms with E-state index in [-0.39, 0.29) is 19.4 Å². The molecule has 1 unspecified atom stereocenters. The van der Waals surface area contributed by atoms with E-state index in [4.69, 9.17) is 23.6 Å². The zero-order valence-corrected chi connectivity index (χ0v) is 37.2.